The number of aryl methyl sites for hydroxylation is 1. The van der Waals surface area contributed by atoms with Crippen LogP contribution >= 0.6 is 11.3 Å². The van der Waals surface area contributed by atoms with Gasteiger partial charge < -0.3 is 17.3 Å². The molecule has 3 aromatic rings. The summed E-state index contributed by atoms with van der Waals surface area (Å²) in [5.74, 6) is -1.17. The molecule has 2 aromatic carbocycles. The minimum Gasteiger partial charge on any atom is -1.00 e. The maximum absolute atomic E-state index is 13.3. The van der Waals surface area contributed by atoms with Gasteiger partial charge in [-0.15, -0.1) is 0 Å². The molecule has 4 rings (SSSR count). The zero-order valence-corrected chi connectivity index (χ0v) is 19.7. The Kier molecular flexibility index (Phi) is 7.28. The lowest BCUT2D eigenvalue weighted by Gasteiger charge is -2.23. The van der Waals surface area contributed by atoms with Crippen LogP contribution in [0.4, 0.5) is 5.13 Å². The predicted octanol–water partition coefficient (Wildman–Crippen LogP) is 0.190. The van der Waals surface area contributed by atoms with E-state index in [9.17, 15) is 14.4 Å². The van der Waals surface area contributed by atoms with E-state index in [4.69, 9.17) is 4.98 Å². The lowest BCUT2D eigenvalue weighted by molar-refractivity contribution is -0.119. The summed E-state index contributed by atoms with van der Waals surface area (Å²) in [4.78, 5) is 48.1. The molecule has 0 aliphatic carbocycles. The zero-order valence-electron chi connectivity index (χ0n) is 18.2. The highest BCUT2D eigenvalue weighted by atomic mass is 35.5. The molecule has 0 saturated carbocycles. The van der Waals surface area contributed by atoms with Crippen molar-refractivity contribution in [3.05, 3.63) is 59.2 Å². The van der Waals surface area contributed by atoms with Crippen LogP contribution in [0.3, 0.4) is 0 Å². The summed E-state index contributed by atoms with van der Waals surface area (Å²) in [5.41, 5.74) is 2.60. The molecule has 0 fully saturated rings. The second kappa shape index (κ2) is 9.77. The van der Waals surface area contributed by atoms with Crippen LogP contribution in [0.5, 0.6) is 0 Å². The van der Waals surface area contributed by atoms with Crippen molar-refractivity contribution in [2.45, 2.75) is 13.3 Å². The molecule has 0 N–H and O–H groups in total. The highest BCUT2D eigenvalue weighted by Crippen LogP contribution is 2.31. The van der Waals surface area contributed by atoms with Crippen LogP contribution in [0.25, 0.3) is 10.2 Å². The van der Waals surface area contributed by atoms with Gasteiger partial charge in [-0.25, -0.2) is 4.98 Å². The van der Waals surface area contributed by atoms with Crippen molar-refractivity contribution in [2.75, 3.05) is 38.6 Å². The van der Waals surface area contributed by atoms with E-state index in [-0.39, 0.29) is 24.9 Å². The van der Waals surface area contributed by atoms with Gasteiger partial charge in [-0.3, -0.25) is 24.2 Å². The van der Waals surface area contributed by atoms with Crippen molar-refractivity contribution in [1.82, 2.24) is 14.8 Å². The summed E-state index contributed by atoms with van der Waals surface area (Å²) in [6.45, 7) is 2.95. The van der Waals surface area contributed by atoms with Gasteiger partial charge in [0, 0.05) is 6.54 Å². The predicted molar refractivity (Wildman–Crippen MR) is 122 cm³/mol. The molecule has 32 heavy (non-hydrogen) atoms. The number of thiazole rings is 1. The fourth-order valence-electron chi connectivity index (χ4n) is 3.67. The van der Waals surface area contributed by atoms with E-state index < -0.39 is 11.8 Å². The molecule has 3 amide bonds. The maximum atomic E-state index is 13.3. The number of amides is 3. The van der Waals surface area contributed by atoms with Crippen LogP contribution in [0.1, 0.15) is 32.7 Å². The third-order valence-electron chi connectivity index (χ3n) is 5.30. The van der Waals surface area contributed by atoms with E-state index >= 15 is 0 Å². The van der Waals surface area contributed by atoms with Gasteiger partial charge >= 0.3 is 0 Å². The molecule has 1 aliphatic rings. The van der Waals surface area contributed by atoms with E-state index in [2.05, 4.69) is 4.90 Å². The topological polar surface area (TPSA) is 73.8 Å². The summed E-state index contributed by atoms with van der Waals surface area (Å²) in [5, 5.41) is 0.588. The van der Waals surface area contributed by atoms with Crippen LogP contribution in [0.2, 0.25) is 0 Å². The number of rotatable bonds is 7. The molecule has 0 radical (unpaired) electrons. The van der Waals surface area contributed by atoms with Crippen LogP contribution < -0.4 is 17.3 Å². The molecule has 168 valence electrons. The van der Waals surface area contributed by atoms with Crippen LogP contribution in [-0.4, -0.2) is 66.2 Å². The Bertz CT molecular complexity index is 1140. The second-order valence-electron chi connectivity index (χ2n) is 7.86. The van der Waals surface area contributed by atoms with E-state index in [0.717, 1.165) is 33.6 Å². The van der Waals surface area contributed by atoms with Crippen molar-refractivity contribution < 1.29 is 26.8 Å². The van der Waals surface area contributed by atoms with Crippen molar-refractivity contribution in [3.63, 3.8) is 0 Å². The highest BCUT2D eigenvalue weighted by molar-refractivity contribution is 7.22. The highest BCUT2D eigenvalue weighted by Gasteiger charge is 2.37. The van der Waals surface area contributed by atoms with Gasteiger partial charge in [0.2, 0.25) is 5.91 Å². The number of benzene rings is 2. The minimum atomic E-state index is -0.428. The Balaban J connectivity index is 0.00000289. The first kappa shape index (κ1) is 23.8. The Hall–Kier alpha value is -2.81. The van der Waals surface area contributed by atoms with Crippen LogP contribution in [0.15, 0.2) is 42.5 Å². The Labute approximate surface area is 197 Å². The minimum absolute atomic E-state index is 0. The number of hydrogen-bond donors (Lipinski definition) is 0. The first-order valence-electron chi connectivity index (χ1n) is 10.1. The van der Waals surface area contributed by atoms with E-state index in [1.807, 2.05) is 39.2 Å². The van der Waals surface area contributed by atoms with Crippen LogP contribution in [-0.2, 0) is 4.79 Å². The Morgan fingerprint density at radius 3 is 2.25 bits per heavy atom. The third kappa shape index (κ3) is 4.53. The summed E-state index contributed by atoms with van der Waals surface area (Å²) in [6.07, 6.45) is 0.746. The number of anilines is 1. The first-order valence-corrected chi connectivity index (χ1v) is 10.9. The standard InChI is InChI=1S/C23H24N4O3S.ClH/c1-15-8-6-11-18-20(15)24-23(31-18)26(13-7-12-25(2)3)19(28)14-27-21(29)16-9-4-5-10-17(16)22(27)30;/h4-6,8-11H,7,12-14H2,1-3H3;1H/p-1. The van der Waals surface area contributed by atoms with Crippen molar-refractivity contribution in [1.29, 1.82) is 0 Å². The largest absolute Gasteiger partial charge is 1.00 e. The number of halogens is 1. The van der Waals surface area contributed by atoms with Crippen molar-refractivity contribution in [2.24, 2.45) is 0 Å². The molecule has 1 aromatic heterocycles. The quantitative estimate of drug-likeness (QED) is 0.460. The van der Waals surface area contributed by atoms with Crippen molar-refractivity contribution >= 4 is 44.4 Å². The van der Waals surface area contributed by atoms with Crippen molar-refractivity contribution in [3.8, 4) is 0 Å². The monoisotopic (exact) mass is 471 g/mol. The molecular weight excluding hydrogens is 448 g/mol. The average Bonchev–Trinajstić information content (AvgIpc) is 3.27. The number of carbonyl (C=O) groups is 3. The second-order valence-corrected chi connectivity index (χ2v) is 8.87. The molecule has 0 bridgehead atoms. The van der Waals surface area contributed by atoms with Gasteiger partial charge in [0.25, 0.3) is 11.8 Å². The Morgan fingerprint density at radius 1 is 1.00 bits per heavy atom. The van der Waals surface area contributed by atoms with Gasteiger partial charge in [-0.05, 0) is 57.7 Å². The van der Waals surface area contributed by atoms with Gasteiger partial charge in [0.15, 0.2) is 5.13 Å². The normalized spacial score (nSPS) is 12.9. The van der Waals surface area contributed by atoms with Crippen LogP contribution in [0, 0.1) is 6.92 Å². The molecule has 7 nitrogen and oxygen atoms in total. The SMILES string of the molecule is Cc1cccc2sc(N(CCCN(C)C)C(=O)CN3C(=O)c4ccccc4C3=O)nc12.[Cl-]. The molecular formula is C23H24ClN4O3S-. The number of nitrogens with zero attached hydrogens (tertiary/aromatic N) is 4. The number of imide groups is 1. The molecule has 1 aliphatic heterocycles. The van der Waals surface area contributed by atoms with Gasteiger partial charge in [-0.1, -0.05) is 35.6 Å². The maximum Gasteiger partial charge on any atom is 0.262 e. The molecule has 0 unspecified atom stereocenters. The van der Waals surface area contributed by atoms with Gasteiger partial charge in [-0.2, -0.15) is 0 Å². The lowest BCUT2D eigenvalue weighted by atomic mass is 10.1. The summed E-state index contributed by atoms with van der Waals surface area (Å²) in [6, 6.07) is 12.6. The summed E-state index contributed by atoms with van der Waals surface area (Å²) in [7, 11) is 3.96. The molecule has 2 heterocycles. The fraction of sp³-hybridized carbons (Fsp3) is 0.304. The molecule has 0 saturated heterocycles. The first-order chi connectivity index (χ1) is 14.9. The molecule has 0 spiro atoms. The van der Waals surface area contributed by atoms with Gasteiger partial charge in [0.05, 0.1) is 21.3 Å². The molecule has 0 atom stereocenters. The zero-order chi connectivity index (χ0) is 22.1. The lowest BCUT2D eigenvalue weighted by Crippen LogP contribution is -3.00. The average molecular weight is 472 g/mol. The summed E-state index contributed by atoms with van der Waals surface area (Å²) < 4.78 is 1.00. The number of carbonyl (C=O) groups excluding carboxylic acids is 3. The number of fused-ring (bicyclic) bond motifs is 2. The van der Waals surface area contributed by atoms with E-state index in [1.165, 1.54) is 11.3 Å². The van der Waals surface area contributed by atoms with Gasteiger partial charge in [0.1, 0.15) is 6.54 Å². The van der Waals surface area contributed by atoms with E-state index in [0.29, 0.717) is 22.8 Å². The number of aromatic nitrogens is 1. The number of hydrogen-bond acceptors (Lipinski definition) is 6. The smallest absolute Gasteiger partial charge is 0.262 e. The molecule has 9 heteroatoms. The summed E-state index contributed by atoms with van der Waals surface area (Å²) >= 11 is 1.45. The van der Waals surface area contributed by atoms with E-state index in [1.54, 1.807) is 29.2 Å². The Morgan fingerprint density at radius 2 is 1.66 bits per heavy atom. The number of para-hydroxylation sites is 1. The fourth-order valence-corrected chi connectivity index (χ4v) is 4.75. The third-order valence-corrected chi connectivity index (χ3v) is 6.34.